The van der Waals surface area contributed by atoms with Crippen molar-refractivity contribution in [3.05, 3.63) is 45.2 Å². The normalized spacial score (nSPS) is 18.4. The van der Waals surface area contributed by atoms with Crippen LogP contribution in [0.25, 0.3) is 0 Å². The molecule has 0 saturated carbocycles. The number of amides is 1. The molecule has 1 aliphatic carbocycles. The number of aryl methyl sites for hydroxylation is 1. The Morgan fingerprint density at radius 1 is 1.60 bits per heavy atom. The largest absolute Gasteiger partial charge is 0.389 e. The van der Waals surface area contributed by atoms with Gasteiger partial charge in [-0.05, 0) is 41.8 Å². The molecule has 1 unspecified atom stereocenters. The first-order chi connectivity index (χ1) is 9.49. The van der Waals surface area contributed by atoms with Gasteiger partial charge in [-0.15, -0.1) is 0 Å². The summed E-state index contributed by atoms with van der Waals surface area (Å²) in [5.41, 5.74) is 5.88. The topological polar surface area (TPSA) is 77.5 Å². The minimum Gasteiger partial charge on any atom is -0.389 e. The number of hydrogen-bond acceptors (Lipinski definition) is 3. The van der Waals surface area contributed by atoms with Crippen LogP contribution in [0.15, 0.2) is 33.4 Å². The van der Waals surface area contributed by atoms with Gasteiger partial charge in [0.1, 0.15) is 0 Å². The van der Waals surface area contributed by atoms with Gasteiger partial charge in [0.25, 0.3) is 5.91 Å². The monoisotopic (exact) mass is 337 g/mol. The van der Waals surface area contributed by atoms with Crippen LogP contribution in [-0.2, 0) is 4.79 Å². The number of aromatic nitrogens is 1. The summed E-state index contributed by atoms with van der Waals surface area (Å²) in [5, 5.41) is 13.2. The summed E-state index contributed by atoms with van der Waals surface area (Å²) in [6.07, 6.45) is 6.40. The summed E-state index contributed by atoms with van der Waals surface area (Å²) in [6.45, 7) is 3.92. The zero-order valence-electron chi connectivity index (χ0n) is 11.3. The molecule has 2 rings (SSSR count). The Morgan fingerprint density at radius 2 is 2.35 bits per heavy atom. The van der Waals surface area contributed by atoms with Crippen LogP contribution in [0, 0.1) is 13.8 Å². The van der Waals surface area contributed by atoms with E-state index in [-0.39, 0.29) is 5.91 Å². The SMILES string of the molecule is Cc1[nH]c(/C=N/NC(=O)C2=CCC(O)C=C2)c(C)c1Br. The highest BCUT2D eigenvalue weighted by atomic mass is 79.9. The molecule has 1 atom stereocenters. The van der Waals surface area contributed by atoms with Gasteiger partial charge in [0.15, 0.2) is 0 Å². The summed E-state index contributed by atoms with van der Waals surface area (Å²) in [7, 11) is 0. The molecule has 20 heavy (non-hydrogen) atoms. The van der Waals surface area contributed by atoms with Gasteiger partial charge in [0, 0.05) is 15.7 Å². The Balaban J connectivity index is 1.98. The van der Waals surface area contributed by atoms with Crippen molar-refractivity contribution in [2.75, 3.05) is 0 Å². The molecular formula is C14H16BrN3O2. The number of aliphatic hydroxyl groups excluding tert-OH is 1. The molecule has 0 aromatic carbocycles. The smallest absolute Gasteiger partial charge is 0.271 e. The third kappa shape index (κ3) is 3.26. The summed E-state index contributed by atoms with van der Waals surface area (Å²) in [4.78, 5) is 15.0. The Kier molecular flexibility index (Phi) is 4.57. The Morgan fingerprint density at radius 3 is 2.90 bits per heavy atom. The number of rotatable bonds is 3. The Labute approximate surface area is 125 Å². The number of hydrazone groups is 1. The van der Waals surface area contributed by atoms with Crippen LogP contribution in [0.3, 0.4) is 0 Å². The number of halogens is 1. The lowest BCUT2D eigenvalue weighted by atomic mass is 10.1. The molecule has 0 bridgehead atoms. The van der Waals surface area contributed by atoms with E-state index in [2.05, 4.69) is 31.4 Å². The fourth-order valence-electron chi connectivity index (χ4n) is 1.88. The van der Waals surface area contributed by atoms with Gasteiger partial charge >= 0.3 is 0 Å². The standard InChI is InChI=1S/C14H16BrN3O2/c1-8-12(17-9(2)13(8)15)7-16-18-14(20)10-3-5-11(19)6-4-10/h3-5,7,11,17,19H,6H2,1-2H3,(H,18,20)/b16-7+. The maximum Gasteiger partial charge on any atom is 0.271 e. The molecule has 106 valence electrons. The Hall–Kier alpha value is -1.66. The quantitative estimate of drug-likeness (QED) is 0.583. The number of aliphatic hydroxyl groups is 1. The van der Waals surface area contributed by atoms with Crippen LogP contribution >= 0.6 is 15.9 Å². The average Bonchev–Trinajstić information content (AvgIpc) is 2.67. The summed E-state index contributed by atoms with van der Waals surface area (Å²) >= 11 is 3.47. The highest BCUT2D eigenvalue weighted by Gasteiger charge is 2.11. The molecular weight excluding hydrogens is 322 g/mol. The lowest BCUT2D eigenvalue weighted by Crippen LogP contribution is -2.21. The second-order valence-corrected chi connectivity index (χ2v) is 5.42. The fraction of sp³-hybridized carbons (Fsp3) is 0.286. The van der Waals surface area contributed by atoms with E-state index in [1.807, 2.05) is 13.8 Å². The molecule has 6 heteroatoms. The fourth-order valence-corrected chi connectivity index (χ4v) is 2.19. The zero-order valence-corrected chi connectivity index (χ0v) is 12.9. The van der Waals surface area contributed by atoms with Gasteiger partial charge in [0.2, 0.25) is 0 Å². The molecule has 1 aromatic heterocycles. The van der Waals surface area contributed by atoms with E-state index >= 15 is 0 Å². The zero-order chi connectivity index (χ0) is 14.7. The molecule has 1 aliphatic rings. The van der Waals surface area contributed by atoms with E-state index in [1.54, 1.807) is 24.4 Å². The van der Waals surface area contributed by atoms with Crippen molar-refractivity contribution in [3.63, 3.8) is 0 Å². The average molecular weight is 338 g/mol. The van der Waals surface area contributed by atoms with Crippen LogP contribution in [0.1, 0.15) is 23.4 Å². The highest BCUT2D eigenvalue weighted by Crippen LogP contribution is 2.22. The number of nitrogens with one attached hydrogen (secondary N) is 2. The lowest BCUT2D eigenvalue weighted by molar-refractivity contribution is -0.117. The van der Waals surface area contributed by atoms with Crippen LogP contribution in [0.4, 0.5) is 0 Å². The molecule has 3 N–H and O–H groups in total. The van der Waals surface area contributed by atoms with Gasteiger partial charge in [-0.1, -0.05) is 18.2 Å². The number of nitrogens with zero attached hydrogens (tertiary/aromatic N) is 1. The van der Waals surface area contributed by atoms with Crippen LogP contribution in [0.5, 0.6) is 0 Å². The molecule has 5 nitrogen and oxygen atoms in total. The van der Waals surface area contributed by atoms with E-state index in [0.29, 0.717) is 12.0 Å². The molecule has 1 amide bonds. The first-order valence-corrected chi connectivity index (χ1v) is 7.03. The summed E-state index contributed by atoms with van der Waals surface area (Å²) < 4.78 is 1.01. The van der Waals surface area contributed by atoms with Crippen molar-refractivity contribution in [2.45, 2.75) is 26.4 Å². The van der Waals surface area contributed by atoms with Crippen molar-refractivity contribution in [3.8, 4) is 0 Å². The van der Waals surface area contributed by atoms with Crippen molar-refractivity contribution >= 4 is 28.1 Å². The molecule has 1 aromatic rings. The lowest BCUT2D eigenvalue weighted by Gasteiger charge is -2.09. The van der Waals surface area contributed by atoms with Gasteiger partial charge in [-0.3, -0.25) is 4.79 Å². The van der Waals surface area contributed by atoms with E-state index < -0.39 is 6.10 Å². The van der Waals surface area contributed by atoms with E-state index in [1.165, 1.54) is 0 Å². The third-order valence-corrected chi connectivity index (χ3v) is 4.27. The van der Waals surface area contributed by atoms with Crippen LogP contribution < -0.4 is 5.43 Å². The minimum atomic E-state index is -0.503. The van der Waals surface area contributed by atoms with Crippen molar-refractivity contribution in [2.24, 2.45) is 5.10 Å². The first-order valence-electron chi connectivity index (χ1n) is 6.23. The third-order valence-electron chi connectivity index (χ3n) is 3.08. The number of hydrogen-bond donors (Lipinski definition) is 3. The molecule has 0 saturated heterocycles. The first kappa shape index (κ1) is 14.7. The highest BCUT2D eigenvalue weighted by molar-refractivity contribution is 9.10. The number of H-pyrrole nitrogens is 1. The second-order valence-electron chi connectivity index (χ2n) is 4.62. The second kappa shape index (κ2) is 6.19. The van der Waals surface area contributed by atoms with Crippen molar-refractivity contribution in [1.29, 1.82) is 0 Å². The number of carbonyl (C=O) groups excluding carboxylic acids is 1. The van der Waals surface area contributed by atoms with E-state index in [9.17, 15) is 9.90 Å². The van der Waals surface area contributed by atoms with Crippen LogP contribution in [-0.4, -0.2) is 28.3 Å². The molecule has 1 heterocycles. The predicted octanol–water partition coefficient (Wildman–Crippen LogP) is 2.09. The predicted molar refractivity (Wildman–Crippen MR) is 81.6 cm³/mol. The minimum absolute atomic E-state index is 0.288. The molecule has 0 radical (unpaired) electrons. The van der Waals surface area contributed by atoms with E-state index in [4.69, 9.17) is 0 Å². The molecule has 0 fully saturated rings. The van der Waals surface area contributed by atoms with Gasteiger partial charge in [0.05, 0.1) is 18.0 Å². The van der Waals surface area contributed by atoms with Crippen molar-refractivity contribution in [1.82, 2.24) is 10.4 Å². The van der Waals surface area contributed by atoms with E-state index in [0.717, 1.165) is 21.4 Å². The van der Waals surface area contributed by atoms with Gasteiger partial charge < -0.3 is 10.1 Å². The molecule has 0 aliphatic heterocycles. The summed E-state index contributed by atoms with van der Waals surface area (Å²) in [6, 6.07) is 0. The van der Waals surface area contributed by atoms with Gasteiger partial charge in [-0.25, -0.2) is 5.43 Å². The van der Waals surface area contributed by atoms with Gasteiger partial charge in [-0.2, -0.15) is 5.10 Å². The number of aromatic amines is 1. The van der Waals surface area contributed by atoms with Crippen LogP contribution in [0.2, 0.25) is 0 Å². The maximum absolute atomic E-state index is 11.8. The Bertz CT molecular complexity index is 614. The summed E-state index contributed by atoms with van der Waals surface area (Å²) in [5.74, 6) is -0.288. The maximum atomic E-state index is 11.8. The number of carbonyl (C=O) groups is 1. The van der Waals surface area contributed by atoms with Crippen molar-refractivity contribution < 1.29 is 9.90 Å². The molecule has 0 spiro atoms.